The first-order chi connectivity index (χ1) is 14.2. The molecule has 2 aromatic rings. The van der Waals surface area contributed by atoms with Crippen molar-refractivity contribution >= 4 is 11.7 Å². The third-order valence-electron chi connectivity index (χ3n) is 5.77. The number of nitrogens with one attached hydrogen (secondary N) is 1. The van der Waals surface area contributed by atoms with Crippen molar-refractivity contribution in [3.63, 3.8) is 0 Å². The maximum absolute atomic E-state index is 12.4. The lowest BCUT2D eigenvalue weighted by Crippen LogP contribution is -2.41. The number of rotatable bonds is 9. The fourth-order valence-electron chi connectivity index (χ4n) is 3.83. The smallest absolute Gasteiger partial charge is 0.223 e. The van der Waals surface area contributed by atoms with Crippen LogP contribution in [-0.4, -0.2) is 35.7 Å². The Hall–Kier alpha value is -2.43. The van der Waals surface area contributed by atoms with Gasteiger partial charge in [-0.05, 0) is 38.3 Å². The van der Waals surface area contributed by atoms with E-state index in [0.29, 0.717) is 0 Å². The molecule has 0 bridgehead atoms. The standard InChI is InChI=1S/C24H34N4O/c1-3-4-5-6-7-16-25-24(29)21-14-17-28(18-15-21)23-13-12-22(26-27-23)20-10-8-19(2)9-11-20/h8-13,21H,3-7,14-18H2,1-2H3,(H,25,29). The molecule has 1 fully saturated rings. The summed E-state index contributed by atoms with van der Waals surface area (Å²) < 4.78 is 0. The Labute approximate surface area is 174 Å². The molecule has 0 radical (unpaired) electrons. The molecule has 5 heteroatoms. The SMILES string of the molecule is CCCCCCCNC(=O)C1CCN(c2ccc(-c3ccc(C)cc3)nn2)CC1. The molecule has 2 heterocycles. The van der Waals surface area contributed by atoms with Gasteiger partial charge in [0.25, 0.3) is 0 Å². The summed E-state index contributed by atoms with van der Waals surface area (Å²) in [6, 6.07) is 12.4. The number of amides is 1. The van der Waals surface area contributed by atoms with E-state index >= 15 is 0 Å². The third kappa shape index (κ3) is 6.28. The van der Waals surface area contributed by atoms with E-state index in [0.717, 1.165) is 56.0 Å². The van der Waals surface area contributed by atoms with Crippen LogP contribution in [0, 0.1) is 12.8 Å². The summed E-state index contributed by atoms with van der Waals surface area (Å²) in [6.45, 7) is 6.82. The average molecular weight is 395 g/mol. The Morgan fingerprint density at radius 1 is 1.00 bits per heavy atom. The first-order valence-corrected chi connectivity index (χ1v) is 11.1. The maximum atomic E-state index is 12.4. The van der Waals surface area contributed by atoms with E-state index in [1.165, 1.54) is 31.2 Å². The monoisotopic (exact) mass is 394 g/mol. The minimum absolute atomic E-state index is 0.127. The number of carbonyl (C=O) groups is 1. The van der Waals surface area contributed by atoms with Gasteiger partial charge in [0.15, 0.2) is 5.82 Å². The molecule has 29 heavy (non-hydrogen) atoms. The highest BCUT2D eigenvalue weighted by Gasteiger charge is 2.25. The normalized spacial score (nSPS) is 14.8. The second-order valence-electron chi connectivity index (χ2n) is 8.11. The number of benzene rings is 1. The summed E-state index contributed by atoms with van der Waals surface area (Å²) in [5, 5.41) is 12.0. The van der Waals surface area contributed by atoms with E-state index < -0.39 is 0 Å². The molecule has 1 aliphatic heterocycles. The number of anilines is 1. The number of hydrogen-bond acceptors (Lipinski definition) is 4. The van der Waals surface area contributed by atoms with Crippen LogP contribution in [0.5, 0.6) is 0 Å². The van der Waals surface area contributed by atoms with Crippen LogP contribution >= 0.6 is 0 Å². The average Bonchev–Trinajstić information content (AvgIpc) is 2.77. The van der Waals surface area contributed by atoms with Gasteiger partial charge in [-0.1, -0.05) is 62.4 Å². The second-order valence-corrected chi connectivity index (χ2v) is 8.11. The van der Waals surface area contributed by atoms with Gasteiger partial charge in [-0.15, -0.1) is 10.2 Å². The van der Waals surface area contributed by atoms with Crippen LogP contribution in [-0.2, 0) is 4.79 Å². The van der Waals surface area contributed by atoms with Crippen molar-refractivity contribution < 1.29 is 4.79 Å². The zero-order chi connectivity index (χ0) is 20.5. The Morgan fingerprint density at radius 3 is 2.38 bits per heavy atom. The first-order valence-electron chi connectivity index (χ1n) is 11.1. The molecule has 0 atom stereocenters. The predicted octanol–water partition coefficient (Wildman–Crippen LogP) is 4.76. The summed E-state index contributed by atoms with van der Waals surface area (Å²) in [6.07, 6.45) is 7.88. The van der Waals surface area contributed by atoms with Crippen molar-refractivity contribution in [2.45, 2.75) is 58.8 Å². The van der Waals surface area contributed by atoms with Crippen molar-refractivity contribution in [2.24, 2.45) is 5.92 Å². The largest absolute Gasteiger partial charge is 0.356 e. The van der Waals surface area contributed by atoms with Crippen LogP contribution < -0.4 is 10.2 Å². The van der Waals surface area contributed by atoms with Gasteiger partial charge in [-0.3, -0.25) is 4.79 Å². The summed E-state index contributed by atoms with van der Waals surface area (Å²) in [7, 11) is 0. The van der Waals surface area contributed by atoms with Crippen LogP contribution in [0.4, 0.5) is 5.82 Å². The number of carbonyl (C=O) groups excluding carboxylic acids is 1. The molecule has 1 N–H and O–H groups in total. The van der Waals surface area contributed by atoms with Crippen LogP contribution in [0.15, 0.2) is 36.4 Å². The number of unbranched alkanes of at least 4 members (excludes halogenated alkanes) is 4. The lowest BCUT2D eigenvalue weighted by molar-refractivity contribution is -0.125. The van der Waals surface area contributed by atoms with Crippen LogP contribution in [0.3, 0.4) is 0 Å². The predicted molar refractivity (Wildman–Crippen MR) is 119 cm³/mol. The Morgan fingerprint density at radius 2 is 1.72 bits per heavy atom. The Balaban J connectivity index is 1.43. The van der Waals surface area contributed by atoms with Crippen molar-refractivity contribution in [2.75, 3.05) is 24.5 Å². The molecule has 0 saturated carbocycles. The summed E-state index contributed by atoms with van der Waals surface area (Å²) in [5.41, 5.74) is 3.21. The molecule has 1 aromatic heterocycles. The fourth-order valence-corrected chi connectivity index (χ4v) is 3.83. The van der Waals surface area contributed by atoms with Crippen LogP contribution in [0.25, 0.3) is 11.3 Å². The number of hydrogen-bond donors (Lipinski definition) is 1. The Kier molecular flexibility index (Phi) is 8.03. The molecule has 1 saturated heterocycles. The van der Waals surface area contributed by atoms with E-state index in [2.05, 4.69) is 58.5 Å². The van der Waals surface area contributed by atoms with E-state index in [1.807, 2.05) is 12.1 Å². The van der Waals surface area contributed by atoms with Crippen molar-refractivity contribution in [3.8, 4) is 11.3 Å². The van der Waals surface area contributed by atoms with E-state index in [1.54, 1.807) is 0 Å². The molecule has 0 unspecified atom stereocenters. The lowest BCUT2D eigenvalue weighted by Gasteiger charge is -2.31. The van der Waals surface area contributed by atoms with Gasteiger partial charge in [0, 0.05) is 31.1 Å². The van der Waals surface area contributed by atoms with Gasteiger partial charge >= 0.3 is 0 Å². The summed E-state index contributed by atoms with van der Waals surface area (Å²) in [4.78, 5) is 14.6. The van der Waals surface area contributed by atoms with Crippen LogP contribution in [0.1, 0.15) is 57.4 Å². The molecule has 0 spiro atoms. The summed E-state index contributed by atoms with van der Waals surface area (Å²) in [5.74, 6) is 1.25. The molecule has 156 valence electrons. The topological polar surface area (TPSA) is 58.1 Å². The van der Waals surface area contributed by atoms with Gasteiger partial charge in [0.1, 0.15) is 0 Å². The molecular weight excluding hydrogens is 360 g/mol. The highest BCUT2D eigenvalue weighted by atomic mass is 16.1. The van der Waals surface area contributed by atoms with Crippen molar-refractivity contribution in [1.82, 2.24) is 15.5 Å². The molecule has 1 aliphatic rings. The molecule has 3 rings (SSSR count). The molecule has 0 aliphatic carbocycles. The minimum Gasteiger partial charge on any atom is -0.356 e. The zero-order valence-electron chi connectivity index (χ0n) is 17.9. The fraction of sp³-hybridized carbons (Fsp3) is 0.542. The van der Waals surface area contributed by atoms with Gasteiger partial charge < -0.3 is 10.2 Å². The molecule has 1 amide bonds. The quantitative estimate of drug-likeness (QED) is 0.623. The number of aryl methyl sites for hydroxylation is 1. The zero-order valence-corrected chi connectivity index (χ0v) is 17.9. The number of nitrogens with zero attached hydrogens (tertiary/aromatic N) is 3. The second kappa shape index (κ2) is 10.9. The van der Waals surface area contributed by atoms with Crippen molar-refractivity contribution in [3.05, 3.63) is 42.0 Å². The van der Waals surface area contributed by atoms with E-state index in [-0.39, 0.29) is 11.8 Å². The molecular formula is C24H34N4O. The number of piperidine rings is 1. The highest BCUT2D eigenvalue weighted by molar-refractivity contribution is 5.78. The minimum atomic E-state index is 0.127. The summed E-state index contributed by atoms with van der Waals surface area (Å²) >= 11 is 0. The van der Waals surface area contributed by atoms with Crippen LogP contribution in [0.2, 0.25) is 0 Å². The van der Waals surface area contributed by atoms with Gasteiger partial charge in [0.2, 0.25) is 5.91 Å². The first kappa shape index (κ1) is 21.3. The number of aromatic nitrogens is 2. The maximum Gasteiger partial charge on any atom is 0.223 e. The van der Waals surface area contributed by atoms with E-state index in [4.69, 9.17) is 0 Å². The third-order valence-corrected chi connectivity index (χ3v) is 5.77. The van der Waals surface area contributed by atoms with E-state index in [9.17, 15) is 4.79 Å². The van der Waals surface area contributed by atoms with Gasteiger partial charge in [-0.2, -0.15) is 0 Å². The van der Waals surface area contributed by atoms with Gasteiger partial charge in [-0.25, -0.2) is 0 Å². The Bertz CT molecular complexity index is 749. The highest BCUT2D eigenvalue weighted by Crippen LogP contribution is 2.23. The molecule has 5 nitrogen and oxygen atoms in total. The van der Waals surface area contributed by atoms with Crippen molar-refractivity contribution in [1.29, 1.82) is 0 Å². The lowest BCUT2D eigenvalue weighted by atomic mass is 9.96. The molecule has 1 aromatic carbocycles. The van der Waals surface area contributed by atoms with Gasteiger partial charge in [0.05, 0.1) is 5.69 Å².